The highest BCUT2D eigenvalue weighted by molar-refractivity contribution is 5.02. The predicted molar refractivity (Wildman–Crippen MR) is 27.7 cm³/mol. The molecule has 0 aromatic carbocycles. The van der Waals surface area contributed by atoms with Gasteiger partial charge < -0.3 is 9.47 Å². The second kappa shape index (κ2) is 4.00. The third-order valence-electron chi connectivity index (χ3n) is 0.585. The van der Waals surface area contributed by atoms with E-state index in [0.717, 1.165) is 0 Å². The van der Waals surface area contributed by atoms with Crippen molar-refractivity contribution in [3.8, 4) is 6.07 Å². The summed E-state index contributed by atoms with van der Waals surface area (Å²) in [6.45, 7) is 0. The van der Waals surface area contributed by atoms with Gasteiger partial charge in [0.05, 0.1) is 26.4 Å². The van der Waals surface area contributed by atoms with Crippen LogP contribution >= 0.6 is 0 Å². The summed E-state index contributed by atoms with van der Waals surface area (Å²) < 4.78 is 9.11. The third-order valence-corrected chi connectivity index (χ3v) is 0.585. The van der Waals surface area contributed by atoms with Crippen LogP contribution in [0, 0.1) is 11.3 Å². The normalized spacial score (nSPS) is 6.62. The number of rotatable bonds is 2. The number of nitrogens with zero attached hydrogens (tertiary/aromatic N) is 1. The van der Waals surface area contributed by atoms with Crippen molar-refractivity contribution in [3.05, 3.63) is 12.0 Å². The maximum absolute atomic E-state index is 8.01. The van der Waals surface area contributed by atoms with Crippen LogP contribution in [-0.2, 0) is 9.47 Å². The molecular weight excluding hydrogens is 106 g/mol. The summed E-state index contributed by atoms with van der Waals surface area (Å²) in [5.41, 5.74) is 0. The fraction of sp³-hybridized carbons (Fsp3) is 0.400. The first-order valence-corrected chi connectivity index (χ1v) is 2.03. The van der Waals surface area contributed by atoms with Gasteiger partial charge in [-0.2, -0.15) is 5.26 Å². The van der Waals surface area contributed by atoms with E-state index in [-0.39, 0.29) is 5.95 Å². The number of hydrogen-bond donors (Lipinski definition) is 0. The Balaban J connectivity index is 3.72. The molecule has 0 rings (SSSR count). The number of methoxy groups -OCH3 is 2. The summed E-state index contributed by atoms with van der Waals surface area (Å²) in [4.78, 5) is 0. The maximum Gasteiger partial charge on any atom is 0.289 e. The van der Waals surface area contributed by atoms with E-state index < -0.39 is 0 Å². The summed E-state index contributed by atoms with van der Waals surface area (Å²) in [7, 11) is 2.87. The van der Waals surface area contributed by atoms with E-state index in [2.05, 4.69) is 9.47 Å². The lowest BCUT2D eigenvalue weighted by molar-refractivity contribution is 0.0958. The molecule has 0 aliphatic rings. The molecule has 0 fully saturated rings. The molecule has 3 heteroatoms. The van der Waals surface area contributed by atoms with Crippen LogP contribution in [0.3, 0.4) is 0 Å². The van der Waals surface area contributed by atoms with Crippen molar-refractivity contribution in [1.29, 1.82) is 5.26 Å². The van der Waals surface area contributed by atoms with Crippen molar-refractivity contribution in [2.75, 3.05) is 14.2 Å². The number of ether oxygens (including phenoxy) is 2. The Morgan fingerprint density at radius 3 is 2.12 bits per heavy atom. The Labute approximate surface area is 48.1 Å². The van der Waals surface area contributed by atoms with Crippen LogP contribution < -0.4 is 0 Å². The number of allylic oxidation sites excluding steroid dienone is 1. The summed E-state index contributed by atoms with van der Waals surface area (Å²) in [5, 5.41) is 8.01. The van der Waals surface area contributed by atoms with Crippen LogP contribution in [0.4, 0.5) is 0 Å². The minimum atomic E-state index is 0.229. The van der Waals surface area contributed by atoms with Gasteiger partial charge in [0.2, 0.25) is 0 Å². The highest BCUT2D eigenvalue weighted by Gasteiger charge is 1.86. The Bertz CT molecular complexity index is 117. The molecule has 0 heterocycles. The van der Waals surface area contributed by atoms with E-state index in [4.69, 9.17) is 5.26 Å². The van der Waals surface area contributed by atoms with E-state index in [1.54, 1.807) is 6.07 Å². The molecule has 8 heavy (non-hydrogen) atoms. The van der Waals surface area contributed by atoms with E-state index in [9.17, 15) is 0 Å². The second-order valence-electron chi connectivity index (χ2n) is 1.00. The van der Waals surface area contributed by atoms with Crippen LogP contribution in [-0.4, -0.2) is 14.2 Å². The average Bonchev–Trinajstić information content (AvgIpc) is 1.83. The summed E-state index contributed by atoms with van der Waals surface area (Å²) in [5.74, 6) is 0.229. The van der Waals surface area contributed by atoms with Crippen molar-refractivity contribution in [3.63, 3.8) is 0 Å². The largest absolute Gasteiger partial charge is 0.468 e. The molecule has 0 amide bonds. The number of hydrogen-bond acceptors (Lipinski definition) is 3. The molecule has 0 N–H and O–H groups in total. The molecule has 0 aliphatic carbocycles. The Hall–Kier alpha value is -1.17. The molecule has 0 aliphatic heterocycles. The highest BCUT2D eigenvalue weighted by Crippen LogP contribution is 1.91. The highest BCUT2D eigenvalue weighted by atomic mass is 16.7. The lowest BCUT2D eigenvalue weighted by Gasteiger charge is -1.98. The Kier molecular flexibility index (Phi) is 3.42. The van der Waals surface area contributed by atoms with Gasteiger partial charge in [-0.1, -0.05) is 0 Å². The quantitative estimate of drug-likeness (QED) is 0.390. The van der Waals surface area contributed by atoms with Crippen molar-refractivity contribution >= 4 is 0 Å². The summed E-state index contributed by atoms with van der Waals surface area (Å²) >= 11 is 0. The lowest BCUT2D eigenvalue weighted by Crippen LogP contribution is -1.87. The molecule has 0 atom stereocenters. The van der Waals surface area contributed by atoms with Gasteiger partial charge in [0, 0.05) is 0 Å². The molecule has 0 radical (unpaired) electrons. The molecule has 44 valence electrons. The summed E-state index contributed by atoms with van der Waals surface area (Å²) in [6.07, 6.45) is 1.18. The van der Waals surface area contributed by atoms with Crippen molar-refractivity contribution in [1.82, 2.24) is 0 Å². The van der Waals surface area contributed by atoms with Crippen molar-refractivity contribution < 1.29 is 9.47 Å². The average molecular weight is 113 g/mol. The molecule has 0 saturated carbocycles. The monoisotopic (exact) mass is 113 g/mol. The molecule has 3 nitrogen and oxygen atoms in total. The van der Waals surface area contributed by atoms with Crippen LogP contribution in [0.5, 0.6) is 0 Å². The lowest BCUT2D eigenvalue weighted by atomic mass is 10.7. The van der Waals surface area contributed by atoms with Gasteiger partial charge >= 0.3 is 0 Å². The Morgan fingerprint density at radius 2 is 2.00 bits per heavy atom. The minimum Gasteiger partial charge on any atom is -0.468 e. The molecule has 0 spiro atoms. The maximum atomic E-state index is 8.01. The number of nitriles is 1. The predicted octanol–water partition coefficient (Wildman–Crippen LogP) is 0.644. The van der Waals surface area contributed by atoms with Crippen molar-refractivity contribution in [2.24, 2.45) is 0 Å². The molecule has 0 unspecified atom stereocenters. The third kappa shape index (κ3) is 2.08. The molecule has 0 saturated heterocycles. The van der Waals surface area contributed by atoms with Crippen LogP contribution in [0.1, 0.15) is 0 Å². The zero-order valence-corrected chi connectivity index (χ0v) is 4.84. The van der Waals surface area contributed by atoms with Crippen molar-refractivity contribution in [2.45, 2.75) is 0 Å². The first-order chi connectivity index (χ1) is 3.85. The SMILES string of the molecule is COC(=CC#N)OC. The van der Waals surface area contributed by atoms with Gasteiger partial charge in [0.1, 0.15) is 0 Å². The second-order valence-corrected chi connectivity index (χ2v) is 1.00. The molecular formula is C5H7NO2. The van der Waals surface area contributed by atoms with Gasteiger partial charge in [-0.05, 0) is 0 Å². The van der Waals surface area contributed by atoms with Gasteiger partial charge in [0.25, 0.3) is 5.95 Å². The van der Waals surface area contributed by atoms with Crippen LogP contribution in [0.25, 0.3) is 0 Å². The Morgan fingerprint density at radius 1 is 1.50 bits per heavy atom. The van der Waals surface area contributed by atoms with Gasteiger partial charge in [-0.15, -0.1) is 0 Å². The molecule has 0 aromatic rings. The summed E-state index contributed by atoms with van der Waals surface area (Å²) in [6, 6.07) is 1.76. The van der Waals surface area contributed by atoms with Crippen LogP contribution in [0.2, 0.25) is 0 Å². The standard InChI is InChI=1S/C5H7NO2/c1-7-5(8-2)3-4-6/h3H,1-2H3. The smallest absolute Gasteiger partial charge is 0.289 e. The topological polar surface area (TPSA) is 42.2 Å². The molecule has 0 aromatic heterocycles. The first-order valence-electron chi connectivity index (χ1n) is 2.03. The van der Waals surface area contributed by atoms with E-state index in [1.165, 1.54) is 20.3 Å². The molecule has 0 bridgehead atoms. The first kappa shape index (κ1) is 6.83. The van der Waals surface area contributed by atoms with Gasteiger partial charge in [-0.3, -0.25) is 0 Å². The van der Waals surface area contributed by atoms with Gasteiger partial charge in [0.15, 0.2) is 0 Å². The van der Waals surface area contributed by atoms with Gasteiger partial charge in [-0.25, -0.2) is 0 Å². The van der Waals surface area contributed by atoms with E-state index >= 15 is 0 Å². The van der Waals surface area contributed by atoms with Crippen LogP contribution in [0.15, 0.2) is 12.0 Å². The fourth-order valence-corrected chi connectivity index (χ4v) is 0.254. The fourth-order valence-electron chi connectivity index (χ4n) is 0.254. The van der Waals surface area contributed by atoms with E-state index in [0.29, 0.717) is 0 Å². The zero-order chi connectivity index (χ0) is 6.41. The van der Waals surface area contributed by atoms with E-state index in [1.807, 2.05) is 0 Å². The minimum absolute atomic E-state index is 0.229. The zero-order valence-electron chi connectivity index (χ0n) is 4.84.